The summed E-state index contributed by atoms with van der Waals surface area (Å²) < 4.78 is 5.76. The summed E-state index contributed by atoms with van der Waals surface area (Å²) in [7, 11) is 1.85. The maximum atomic E-state index is 5.76. The van der Waals surface area contributed by atoms with Crippen molar-refractivity contribution in [3.05, 3.63) is 48.6 Å². The first-order valence-electron chi connectivity index (χ1n) is 7.48. The third-order valence-corrected chi connectivity index (χ3v) is 4.65. The van der Waals surface area contributed by atoms with Crippen molar-refractivity contribution in [1.82, 2.24) is 0 Å². The van der Waals surface area contributed by atoms with Crippen LogP contribution in [0, 0.1) is 5.92 Å². The lowest BCUT2D eigenvalue weighted by Crippen LogP contribution is -2.35. The molecular weight excluding hydrogens is 232 g/mol. The Morgan fingerprint density at radius 2 is 1.95 bits per heavy atom. The van der Waals surface area contributed by atoms with E-state index in [4.69, 9.17) is 4.74 Å². The molecule has 1 saturated carbocycles. The zero-order valence-electron chi connectivity index (χ0n) is 12.1. The van der Waals surface area contributed by atoms with Crippen molar-refractivity contribution < 1.29 is 4.74 Å². The predicted molar refractivity (Wildman–Crippen MR) is 81.3 cm³/mol. The Morgan fingerprint density at radius 3 is 2.53 bits per heavy atom. The molecule has 0 heterocycles. The maximum Gasteiger partial charge on any atom is 0.0713 e. The minimum Gasteiger partial charge on any atom is -0.378 e. The van der Waals surface area contributed by atoms with Crippen LogP contribution in [0.15, 0.2) is 43.0 Å². The van der Waals surface area contributed by atoms with Crippen LogP contribution in [0.3, 0.4) is 0 Å². The van der Waals surface area contributed by atoms with Crippen LogP contribution in [-0.4, -0.2) is 12.7 Å². The van der Waals surface area contributed by atoms with Gasteiger partial charge in [-0.05, 0) is 56.4 Å². The molecule has 0 amide bonds. The number of hydrogen-bond donors (Lipinski definition) is 0. The Balaban J connectivity index is 1.78. The number of rotatable bonds is 6. The summed E-state index contributed by atoms with van der Waals surface area (Å²) in [4.78, 5) is 0. The largest absolute Gasteiger partial charge is 0.378 e. The van der Waals surface area contributed by atoms with Gasteiger partial charge in [0.2, 0.25) is 0 Å². The summed E-state index contributed by atoms with van der Waals surface area (Å²) in [6, 6.07) is 10.8. The number of hydrogen-bond acceptors (Lipinski definition) is 1. The van der Waals surface area contributed by atoms with E-state index in [9.17, 15) is 0 Å². The SMILES string of the molecule is C=CCC1(OC)CCC(CCc2ccccc2)CC1. The zero-order valence-corrected chi connectivity index (χ0v) is 12.1. The molecule has 2 rings (SSSR count). The minimum absolute atomic E-state index is 0.0883. The van der Waals surface area contributed by atoms with Crippen LogP contribution >= 0.6 is 0 Å². The van der Waals surface area contributed by atoms with Crippen molar-refractivity contribution >= 4 is 0 Å². The summed E-state index contributed by atoms with van der Waals surface area (Å²) >= 11 is 0. The molecule has 0 spiro atoms. The average Bonchev–Trinajstić information content (AvgIpc) is 2.48. The van der Waals surface area contributed by atoms with E-state index in [1.165, 1.54) is 44.1 Å². The first kappa shape index (κ1) is 14.3. The summed E-state index contributed by atoms with van der Waals surface area (Å²) in [6.07, 6.45) is 10.5. The molecule has 0 aliphatic heterocycles. The molecule has 1 heteroatoms. The smallest absolute Gasteiger partial charge is 0.0713 e. The molecular formula is C18H26O. The van der Waals surface area contributed by atoms with Gasteiger partial charge in [-0.15, -0.1) is 6.58 Å². The van der Waals surface area contributed by atoms with Gasteiger partial charge in [0.1, 0.15) is 0 Å². The number of benzene rings is 1. The van der Waals surface area contributed by atoms with Gasteiger partial charge in [0, 0.05) is 7.11 Å². The lowest BCUT2D eigenvalue weighted by molar-refractivity contribution is -0.0471. The molecule has 0 atom stereocenters. The predicted octanol–water partition coefficient (Wildman–Crippen LogP) is 4.77. The molecule has 1 fully saturated rings. The topological polar surface area (TPSA) is 9.23 Å². The second-order valence-electron chi connectivity index (χ2n) is 5.85. The summed E-state index contributed by atoms with van der Waals surface area (Å²) in [6.45, 7) is 3.86. The van der Waals surface area contributed by atoms with Crippen molar-refractivity contribution in [3.8, 4) is 0 Å². The quantitative estimate of drug-likeness (QED) is 0.668. The van der Waals surface area contributed by atoms with Crippen LogP contribution in [-0.2, 0) is 11.2 Å². The molecule has 1 nitrogen and oxygen atoms in total. The first-order valence-corrected chi connectivity index (χ1v) is 7.48. The lowest BCUT2D eigenvalue weighted by atomic mass is 9.75. The number of ether oxygens (including phenoxy) is 1. The summed E-state index contributed by atoms with van der Waals surface area (Å²) in [5, 5.41) is 0. The van der Waals surface area contributed by atoms with Crippen molar-refractivity contribution in [2.75, 3.05) is 7.11 Å². The van der Waals surface area contributed by atoms with E-state index in [2.05, 4.69) is 36.9 Å². The Morgan fingerprint density at radius 1 is 1.26 bits per heavy atom. The molecule has 0 unspecified atom stereocenters. The molecule has 0 aromatic heterocycles. The van der Waals surface area contributed by atoms with Crippen molar-refractivity contribution in [3.63, 3.8) is 0 Å². The second-order valence-corrected chi connectivity index (χ2v) is 5.85. The molecule has 1 aromatic carbocycles. The normalized spacial score (nSPS) is 27.1. The van der Waals surface area contributed by atoms with Gasteiger partial charge in [0.05, 0.1) is 5.60 Å². The third kappa shape index (κ3) is 3.94. The van der Waals surface area contributed by atoms with E-state index < -0.39 is 0 Å². The molecule has 0 bridgehead atoms. The summed E-state index contributed by atoms with van der Waals surface area (Å²) in [5.74, 6) is 0.869. The van der Waals surface area contributed by atoms with Crippen LogP contribution in [0.5, 0.6) is 0 Å². The van der Waals surface area contributed by atoms with Crippen molar-refractivity contribution in [2.45, 2.75) is 50.5 Å². The standard InChI is InChI=1S/C18H26O/c1-3-13-18(19-2)14-11-17(12-15-18)10-9-16-7-5-4-6-8-16/h3-8,17H,1,9-15H2,2H3. The maximum absolute atomic E-state index is 5.76. The van der Waals surface area contributed by atoms with Gasteiger partial charge in [-0.1, -0.05) is 36.4 Å². The Bertz CT molecular complexity index is 374. The molecule has 1 aromatic rings. The van der Waals surface area contributed by atoms with Gasteiger partial charge >= 0.3 is 0 Å². The van der Waals surface area contributed by atoms with E-state index in [0.29, 0.717) is 0 Å². The molecule has 19 heavy (non-hydrogen) atoms. The van der Waals surface area contributed by atoms with Crippen LogP contribution in [0.2, 0.25) is 0 Å². The highest BCUT2D eigenvalue weighted by Crippen LogP contribution is 2.38. The van der Waals surface area contributed by atoms with Crippen LogP contribution in [0.25, 0.3) is 0 Å². The van der Waals surface area contributed by atoms with Crippen molar-refractivity contribution in [2.24, 2.45) is 5.92 Å². The van der Waals surface area contributed by atoms with Crippen LogP contribution < -0.4 is 0 Å². The molecule has 1 aliphatic rings. The fourth-order valence-electron chi connectivity index (χ4n) is 3.26. The first-order chi connectivity index (χ1) is 9.28. The van der Waals surface area contributed by atoms with Crippen LogP contribution in [0.4, 0.5) is 0 Å². The van der Waals surface area contributed by atoms with E-state index >= 15 is 0 Å². The highest BCUT2D eigenvalue weighted by atomic mass is 16.5. The van der Waals surface area contributed by atoms with E-state index in [0.717, 1.165) is 12.3 Å². The van der Waals surface area contributed by atoms with Gasteiger partial charge in [-0.3, -0.25) is 0 Å². The van der Waals surface area contributed by atoms with Gasteiger partial charge in [-0.2, -0.15) is 0 Å². The highest BCUT2D eigenvalue weighted by Gasteiger charge is 2.33. The van der Waals surface area contributed by atoms with Gasteiger partial charge in [0.25, 0.3) is 0 Å². The molecule has 0 radical (unpaired) electrons. The second kappa shape index (κ2) is 6.91. The molecule has 0 saturated heterocycles. The Hall–Kier alpha value is -1.08. The number of methoxy groups -OCH3 is 1. The van der Waals surface area contributed by atoms with Crippen LogP contribution in [0.1, 0.15) is 44.1 Å². The average molecular weight is 258 g/mol. The van der Waals surface area contributed by atoms with Crippen molar-refractivity contribution in [1.29, 1.82) is 0 Å². The third-order valence-electron chi connectivity index (χ3n) is 4.65. The summed E-state index contributed by atoms with van der Waals surface area (Å²) in [5.41, 5.74) is 1.56. The Labute approximate surface area is 117 Å². The van der Waals surface area contributed by atoms with Gasteiger partial charge in [0.15, 0.2) is 0 Å². The molecule has 1 aliphatic carbocycles. The lowest BCUT2D eigenvalue weighted by Gasteiger charge is -2.38. The highest BCUT2D eigenvalue weighted by molar-refractivity contribution is 5.14. The fraction of sp³-hybridized carbons (Fsp3) is 0.556. The van der Waals surface area contributed by atoms with Gasteiger partial charge < -0.3 is 4.74 Å². The molecule has 0 N–H and O–H groups in total. The van der Waals surface area contributed by atoms with Gasteiger partial charge in [-0.25, -0.2) is 0 Å². The minimum atomic E-state index is 0.0883. The van der Waals surface area contributed by atoms with E-state index in [-0.39, 0.29) is 5.60 Å². The fourth-order valence-corrected chi connectivity index (χ4v) is 3.26. The number of aryl methyl sites for hydroxylation is 1. The zero-order chi connectivity index (χ0) is 13.6. The Kier molecular flexibility index (Phi) is 5.21. The monoisotopic (exact) mass is 258 g/mol. The van der Waals surface area contributed by atoms with E-state index in [1.54, 1.807) is 0 Å². The van der Waals surface area contributed by atoms with E-state index in [1.807, 2.05) is 13.2 Å². The molecule has 104 valence electrons.